The summed E-state index contributed by atoms with van der Waals surface area (Å²) in [6.45, 7) is 1.50. The van der Waals surface area contributed by atoms with Gasteiger partial charge in [0.1, 0.15) is 10.1 Å². The summed E-state index contributed by atoms with van der Waals surface area (Å²) >= 11 is 13.3. The Balaban J connectivity index is 0.00000256. The fourth-order valence-electron chi connectivity index (χ4n) is 3.28. The Morgan fingerprint density at radius 3 is 2.30 bits per heavy atom. The van der Waals surface area contributed by atoms with Gasteiger partial charge in [-0.1, -0.05) is 45.9 Å². The number of Topliss-reactive ketones (excluding diaryl/α,β-unsaturated/α-hetero) is 1. The van der Waals surface area contributed by atoms with Crippen molar-refractivity contribution in [1.29, 1.82) is 0 Å². The average molecular weight is 668 g/mol. The van der Waals surface area contributed by atoms with Crippen LogP contribution in [0.2, 0.25) is 0 Å². The third-order valence-electron chi connectivity index (χ3n) is 4.58. The van der Waals surface area contributed by atoms with E-state index in [1.54, 1.807) is 24.3 Å². The molecule has 1 aliphatic heterocycles. The van der Waals surface area contributed by atoms with E-state index in [1.165, 1.54) is 6.92 Å². The molecule has 1 heterocycles. The third-order valence-corrected chi connectivity index (χ3v) is 7.20. The standard InChI is InChI=1S/C21H10Br4O4.Na/c1-8(26)9-4-2-3-5-10(9)15-11-6-13(22)18(27)16(24)20(11)29-21-12(15)7-14(23)19(28)17(21)25;/h2-7,27H,1H3;/q;+1/p-1. The number of halogens is 4. The van der Waals surface area contributed by atoms with Crippen molar-refractivity contribution in [2.24, 2.45) is 0 Å². The summed E-state index contributed by atoms with van der Waals surface area (Å²) in [4.78, 5) is 24.8. The minimum Gasteiger partial charge on any atom is -0.871 e. The van der Waals surface area contributed by atoms with E-state index < -0.39 is 0 Å². The number of ketones is 1. The molecule has 0 bridgehead atoms. The van der Waals surface area contributed by atoms with Crippen molar-refractivity contribution in [2.45, 2.75) is 6.92 Å². The van der Waals surface area contributed by atoms with Crippen molar-refractivity contribution in [3.05, 3.63) is 70.1 Å². The molecule has 0 fully saturated rings. The Bertz CT molecular complexity index is 1360. The fraction of sp³-hybridized carbons (Fsp3) is 0.0476. The molecule has 0 aromatic heterocycles. The van der Waals surface area contributed by atoms with Crippen molar-refractivity contribution in [3.8, 4) is 28.2 Å². The first-order valence-corrected chi connectivity index (χ1v) is 11.4. The molecule has 0 unspecified atom stereocenters. The second-order valence-electron chi connectivity index (χ2n) is 6.34. The van der Waals surface area contributed by atoms with Gasteiger partial charge >= 0.3 is 29.6 Å². The molecular weight excluding hydrogens is 659 g/mol. The molecule has 0 saturated carbocycles. The summed E-state index contributed by atoms with van der Waals surface area (Å²) in [6, 6.07) is 10.6. The molecule has 0 atom stereocenters. The van der Waals surface area contributed by atoms with Gasteiger partial charge in [-0.15, -0.1) is 0 Å². The predicted octanol–water partition coefficient (Wildman–Crippen LogP) is 3.90. The number of benzene rings is 3. The number of carbonyl (C=O) groups is 1. The predicted molar refractivity (Wildman–Crippen MR) is 125 cm³/mol. The van der Waals surface area contributed by atoms with Crippen LogP contribution in [0.3, 0.4) is 0 Å². The van der Waals surface area contributed by atoms with E-state index in [2.05, 4.69) is 63.7 Å². The Morgan fingerprint density at radius 2 is 1.63 bits per heavy atom. The number of rotatable bonds is 2. The van der Waals surface area contributed by atoms with Gasteiger partial charge in [0, 0.05) is 26.5 Å². The van der Waals surface area contributed by atoms with Crippen LogP contribution in [-0.2, 0) is 0 Å². The Morgan fingerprint density at radius 1 is 0.967 bits per heavy atom. The van der Waals surface area contributed by atoms with Gasteiger partial charge in [-0.05, 0) is 72.4 Å². The van der Waals surface area contributed by atoms with Crippen molar-refractivity contribution >= 4 is 80.5 Å². The summed E-state index contributed by atoms with van der Waals surface area (Å²) in [5.74, 6) is -0.0803. The maximum Gasteiger partial charge on any atom is 1.00 e. The zero-order chi connectivity index (χ0) is 21.0. The molecule has 146 valence electrons. The average Bonchev–Trinajstić information content (AvgIpc) is 2.69. The van der Waals surface area contributed by atoms with Crippen molar-refractivity contribution in [2.75, 3.05) is 0 Å². The van der Waals surface area contributed by atoms with E-state index in [4.69, 9.17) is 4.42 Å². The molecule has 1 aliphatic carbocycles. The van der Waals surface area contributed by atoms with E-state index in [0.29, 0.717) is 47.9 Å². The van der Waals surface area contributed by atoms with E-state index in [1.807, 2.05) is 12.1 Å². The van der Waals surface area contributed by atoms with Crippen LogP contribution >= 0.6 is 63.7 Å². The van der Waals surface area contributed by atoms with E-state index in [9.17, 15) is 14.7 Å². The van der Waals surface area contributed by atoms with Crippen LogP contribution in [0.25, 0.3) is 33.4 Å². The molecule has 0 amide bonds. The Kier molecular flexibility index (Phi) is 7.39. The molecule has 4 nitrogen and oxygen atoms in total. The van der Waals surface area contributed by atoms with Gasteiger partial charge in [-0.25, -0.2) is 0 Å². The van der Waals surface area contributed by atoms with Crippen LogP contribution in [-0.4, -0.2) is 5.78 Å². The fourth-order valence-corrected chi connectivity index (χ4v) is 5.69. The normalized spacial score (nSPS) is 11.0. The largest absolute Gasteiger partial charge is 1.00 e. The van der Waals surface area contributed by atoms with Gasteiger partial charge in [0.2, 0.25) is 5.43 Å². The Hall–Kier alpha value is -0.480. The maximum atomic E-state index is 12.5. The summed E-state index contributed by atoms with van der Waals surface area (Å²) in [5.41, 5.74) is 2.54. The number of carbonyl (C=O) groups excluding carboxylic acids is 1. The van der Waals surface area contributed by atoms with Gasteiger partial charge in [0.05, 0.1) is 8.95 Å². The van der Waals surface area contributed by atoms with Crippen LogP contribution in [0.15, 0.2) is 63.5 Å². The second-order valence-corrected chi connectivity index (χ2v) is 9.63. The van der Waals surface area contributed by atoms with Crippen molar-refractivity contribution in [3.63, 3.8) is 0 Å². The monoisotopic (exact) mass is 664 g/mol. The van der Waals surface area contributed by atoms with E-state index in [-0.39, 0.29) is 55.5 Å². The topological polar surface area (TPSA) is 70.3 Å². The number of hydrogen-bond donors (Lipinski definition) is 0. The molecule has 2 aliphatic rings. The molecular formula is C21H9Br4NaO4. The van der Waals surface area contributed by atoms with Gasteiger partial charge < -0.3 is 9.52 Å². The maximum absolute atomic E-state index is 12.5. The quantitative estimate of drug-likeness (QED) is 0.185. The van der Waals surface area contributed by atoms with Gasteiger partial charge in [-0.2, -0.15) is 0 Å². The van der Waals surface area contributed by atoms with Crippen LogP contribution in [0.5, 0.6) is 5.75 Å². The number of hydrogen-bond acceptors (Lipinski definition) is 4. The molecule has 0 N–H and O–H groups in total. The van der Waals surface area contributed by atoms with Crippen LogP contribution < -0.4 is 40.1 Å². The molecule has 0 saturated heterocycles. The van der Waals surface area contributed by atoms with Crippen molar-refractivity contribution < 1.29 is 43.9 Å². The molecule has 9 heteroatoms. The zero-order valence-electron chi connectivity index (χ0n) is 15.6. The van der Waals surface area contributed by atoms with E-state index in [0.717, 1.165) is 0 Å². The van der Waals surface area contributed by atoms with Crippen molar-refractivity contribution in [1.82, 2.24) is 0 Å². The summed E-state index contributed by atoms with van der Waals surface area (Å²) in [6.07, 6.45) is 0. The molecule has 2 aromatic carbocycles. The van der Waals surface area contributed by atoms with Crippen LogP contribution in [0.4, 0.5) is 0 Å². The minimum absolute atomic E-state index is 0. The molecule has 4 rings (SSSR count). The first-order chi connectivity index (χ1) is 13.7. The molecule has 0 spiro atoms. The van der Waals surface area contributed by atoms with Gasteiger partial charge in [0.25, 0.3) is 0 Å². The molecule has 30 heavy (non-hydrogen) atoms. The number of fused-ring (bicyclic) bond motifs is 2. The van der Waals surface area contributed by atoms with E-state index >= 15 is 0 Å². The first-order valence-electron chi connectivity index (χ1n) is 8.26. The zero-order valence-corrected chi connectivity index (χ0v) is 24.0. The smallest absolute Gasteiger partial charge is 0.871 e. The minimum atomic E-state index is -0.276. The SMILES string of the molecule is CC(=O)c1ccccc1-c1c2cc(Br)c(=O)c(Br)c-2oc2c(Br)c([O-])c(Br)cc12.[Na+]. The summed E-state index contributed by atoms with van der Waals surface area (Å²) in [7, 11) is 0. The second kappa shape index (κ2) is 9.17. The Labute approximate surface area is 227 Å². The van der Waals surface area contributed by atoms with Crippen LogP contribution in [0.1, 0.15) is 17.3 Å². The van der Waals surface area contributed by atoms with Gasteiger partial charge in [-0.3, -0.25) is 9.59 Å². The summed E-state index contributed by atoms with van der Waals surface area (Å²) in [5, 5.41) is 13.1. The molecule has 0 radical (unpaired) electrons. The van der Waals surface area contributed by atoms with Crippen LogP contribution in [0, 0.1) is 0 Å². The van der Waals surface area contributed by atoms with Gasteiger partial charge in [0.15, 0.2) is 11.5 Å². The summed E-state index contributed by atoms with van der Waals surface area (Å²) < 4.78 is 7.19. The third kappa shape index (κ3) is 3.89. The molecule has 2 aromatic rings. The first kappa shape index (κ1) is 24.2.